The van der Waals surface area contributed by atoms with Crippen molar-refractivity contribution < 1.29 is 4.79 Å². The Labute approximate surface area is 106 Å². The molecular weight excluding hydrogens is 212 g/mol. The van der Waals surface area contributed by atoms with Gasteiger partial charge in [-0.15, -0.1) is 0 Å². The molecule has 0 spiro atoms. The van der Waals surface area contributed by atoms with Gasteiger partial charge in [-0.25, -0.2) is 0 Å². The quantitative estimate of drug-likeness (QED) is 0.749. The van der Waals surface area contributed by atoms with Crippen LogP contribution in [0.3, 0.4) is 0 Å². The summed E-state index contributed by atoms with van der Waals surface area (Å²) in [5, 5.41) is 3.15. The van der Waals surface area contributed by atoms with Crippen LogP contribution < -0.4 is 11.1 Å². The highest BCUT2D eigenvalue weighted by Crippen LogP contribution is 2.26. The maximum Gasteiger partial charge on any atom is 0.220 e. The first-order valence-corrected chi connectivity index (χ1v) is 7.13. The molecule has 0 radical (unpaired) electrons. The van der Waals surface area contributed by atoms with Crippen LogP contribution >= 0.6 is 0 Å². The Morgan fingerprint density at radius 1 is 1.29 bits per heavy atom. The number of nitrogens with one attached hydrogen (secondary N) is 1. The van der Waals surface area contributed by atoms with Crippen molar-refractivity contribution in [2.75, 3.05) is 6.54 Å². The van der Waals surface area contributed by atoms with Crippen molar-refractivity contribution in [3.8, 4) is 0 Å². The van der Waals surface area contributed by atoms with E-state index in [4.69, 9.17) is 5.73 Å². The van der Waals surface area contributed by atoms with Crippen LogP contribution in [-0.2, 0) is 4.79 Å². The van der Waals surface area contributed by atoms with Gasteiger partial charge >= 0.3 is 0 Å². The van der Waals surface area contributed by atoms with Gasteiger partial charge in [-0.3, -0.25) is 4.79 Å². The minimum atomic E-state index is 0.198. The third kappa shape index (κ3) is 5.53. The molecule has 1 amide bonds. The summed E-state index contributed by atoms with van der Waals surface area (Å²) in [6, 6.07) is 0.344. The molecule has 3 heteroatoms. The standard InChI is InChI=1S/C14H28N2O/c1-11(10-15)8-9-14(17)16-12(2)13-6-4-3-5-7-13/h11-13H,3-10,15H2,1-2H3,(H,16,17). The normalized spacial score (nSPS) is 20.9. The molecule has 1 aliphatic carbocycles. The molecule has 1 aliphatic rings. The zero-order chi connectivity index (χ0) is 12.7. The molecule has 3 nitrogen and oxygen atoms in total. The van der Waals surface area contributed by atoms with Crippen LogP contribution in [0.25, 0.3) is 0 Å². The predicted octanol–water partition coefficient (Wildman–Crippen LogP) is 2.45. The molecule has 0 heterocycles. The number of nitrogens with two attached hydrogens (primary N) is 1. The second-order valence-electron chi connectivity index (χ2n) is 5.63. The van der Waals surface area contributed by atoms with Crippen molar-refractivity contribution in [3.05, 3.63) is 0 Å². The van der Waals surface area contributed by atoms with Gasteiger partial charge in [0.2, 0.25) is 5.91 Å². The van der Waals surface area contributed by atoms with Gasteiger partial charge < -0.3 is 11.1 Å². The lowest BCUT2D eigenvalue weighted by atomic mass is 9.84. The van der Waals surface area contributed by atoms with Crippen LogP contribution in [-0.4, -0.2) is 18.5 Å². The summed E-state index contributed by atoms with van der Waals surface area (Å²) in [6.45, 7) is 4.92. The van der Waals surface area contributed by atoms with E-state index >= 15 is 0 Å². The lowest BCUT2D eigenvalue weighted by molar-refractivity contribution is -0.122. The molecule has 1 saturated carbocycles. The Hall–Kier alpha value is -0.570. The van der Waals surface area contributed by atoms with Crippen LogP contribution in [0.4, 0.5) is 0 Å². The summed E-state index contributed by atoms with van der Waals surface area (Å²) < 4.78 is 0. The van der Waals surface area contributed by atoms with E-state index in [-0.39, 0.29) is 5.91 Å². The van der Waals surface area contributed by atoms with Crippen LogP contribution in [0.1, 0.15) is 58.8 Å². The smallest absolute Gasteiger partial charge is 0.220 e. The second-order valence-corrected chi connectivity index (χ2v) is 5.63. The maximum absolute atomic E-state index is 11.8. The SMILES string of the molecule is CC(CN)CCC(=O)NC(C)C1CCCCC1. The van der Waals surface area contributed by atoms with Gasteiger partial charge in [-0.05, 0) is 44.6 Å². The topological polar surface area (TPSA) is 55.1 Å². The summed E-state index contributed by atoms with van der Waals surface area (Å²) in [4.78, 5) is 11.8. The lowest BCUT2D eigenvalue weighted by Crippen LogP contribution is -2.39. The summed E-state index contributed by atoms with van der Waals surface area (Å²) >= 11 is 0. The van der Waals surface area contributed by atoms with Crippen LogP contribution in [0.5, 0.6) is 0 Å². The Balaban J connectivity index is 2.20. The first kappa shape index (κ1) is 14.5. The largest absolute Gasteiger partial charge is 0.353 e. The number of amides is 1. The molecule has 2 unspecified atom stereocenters. The average Bonchev–Trinajstić information content (AvgIpc) is 2.36. The van der Waals surface area contributed by atoms with Crippen molar-refractivity contribution in [3.63, 3.8) is 0 Å². The number of carbonyl (C=O) groups excluding carboxylic acids is 1. The number of carbonyl (C=O) groups is 1. The monoisotopic (exact) mass is 240 g/mol. The summed E-state index contributed by atoms with van der Waals surface area (Å²) in [6.07, 6.45) is 8.10. The minimum absolute atomic E-state index is 0.198. The zero-order valence-electron chi connectivity index (χ0n) is 11.4. The molecule has 17 heavy (non-hydrogen) atoms. The van der Waals surface area contributed by atoms with E-state index < -0.39 is 0 Å². The molecule has 0 aromatic heterocycles. The molecule has 1 rings (SSSR count). The van der Waals surface area contributed by atoms with Gasteiger partial charge in [-0.1, -0.05) is 26.2 Å². The van der Waals surface area contributed by atoms with Crippen molar-refractivity contribution in [1.29, 1.82) is 0 Å². The van der Waals surface area contributed by atoms with Gasteiger partial charge in [-0.2, -0.15) is 0 Å². The predicted molar refractivity (Wildman–Crippen MR) is 71.6 cm³/mol. The Morgan fingerprint density at radius 3 is 2.53 bits per heavy atom. The van der Waals surface area contributed by atoms with Gasteiger partial charge in [0.25, 0.3) is 0 Å². The molecule has 0 aromatic rings. The fraction of sp³-hybridized carbons (Fsp3) is 0.929. The Morgan fingerprint density at radius 2 is 1.94 bits per heavy atom. The summed E-state index contributed by atoms with van der Waals surface area (Å²) in [7, 11) is 0. The van der Waals surface area contributed by atoms with Gasteiger partial charge in [0.15, 0.2) is 0 Å². The molecule has 100 valence electrons. The third-order valence-electron chi connectivity index (χ3n) is 4.01. The highest BCUT2D eigenvalue weighted by molar-refractivity contribution is 5.76. The van der Waals surface area contributed by atoms with Gasteiger partial charge in [0, 0.05) is 12.5 Å². The van der Waals surface area contributed by atoms with Crippen LogP contribution in [0.15, 0.2) is 0 Å². The number of rotatable bonds is 6. The van der Waals surface area contributed by atoms with Crippen LogP contribution in [0, 0.1) is 11.8 Å². The molecule has 0 aromatic carbocycles. The van der Waals surface area contributed by atoms with E-state index in [9.17, 15) is 4.79 Å². The minimum Gasteiger partial charge on any atom is -0.353 e. The first-order valence-electron chi connectivity index (χ1n) is 7.13. The summed E-state index contributed by atoms with van der Waals surface area (Å²) in [5.74, 6) is 1.34. The van der Waals surface area contributed by atoms with Gasteiger partial charge in [0.05, 0.1) is 0 Å². The molecule has 1 fully saturated rings. The number of hydrogen-bond donors (Lipinski definition) is 2. The van der Waals surface area contributed by atoms with Crippen molar-refractivity contribution in [2.45, 2.75) is 64.8 Å². The van der Waals surface area contributed by atoms with Crippen molar-refractivity contribution in [1.82, 2.24) is 5.32 Å². The molecule has 0 bridgehead atoms. The highest BCUT2D eigenvalue weighted by atomic mass is 16.1. The Bertz CT molecular complexity index is 224. The molecule has 0 saturated heterocycles. The van der Waals surface area contributed by atoms with Crippen molar-refractivity contribution >= 4 is 5.91 Å². The lowest BCUT2D eigenvalue weighted by Gasteiger charge is -2.28. The van der Waals surface area contributed by atoms with E-state index in [1.54, 1.807) is 0 Å². The highest BCUT2D eigenvalue weighted by Gasteiger charge is 2.21. The molecular formula is C14H28N2O. The van der Waals surface area contributed by atoms with Crippen molar-refractivity contribution in [2.24, 2.45) is 17.6 Å². The molecule has 3 N–H and O–H groups in total. The average molecular weight is 240 g/mol. The first-order chi connectivity index (χ1) is 8.13. The summed E-state index contributed by atoms with van der Waals surface area (Å²) in [5.41, 5.74) is 5.54. The van der Waals surface area contributed by atoms with Gasteiger partial charge in [0.1, 0.15) is 0 Å². The van der Waals surface area contributed by atoms with E-state index in [0.717, 1.165) is 6.42 Å². The zero-order valence-corrected chi connectivity index (χ0v) is 11.4. The maximum atomic E-state index is 11.8. The van der Waals surface area contributed by atoms with E-state index in [1.807, 2.05) is 0 Å². The second kappa shape index (κ2) is 7.70. The van der Waals surface area contributed by atoms with E-state index in [2.05, 4.69) is 19.2 Å². The van der Waals surface area contributed by atoms with E-state index in [0.29, 0.717) is 30.8 Å². The fourth-order valence-corrected chi connectivity index (χ4v) is 2.57. The number of hydrogen-bond acceptors (Lipinski definition) is 2. The molecule has 0 aliphatic heterocycles. The Kier molecular flexibility index (Phi) is 6.56. The third-order valence-corrected chi connectivity index (χ3v) is 4.01. The van der Waals surface area contributed by atoms with E-state index in [1.165, 1.54) is 32.1 Å². The fourth-order valence-electron chi connectivity index (χ4n) is 2.57. The molecule has 2 atom stereocenters. The van der Waals surface area contributed by atoms with Crippen LogP contribution in [0.2, 0.25) is 0 Å².